The van der Waals surface area contributed by atoms with E-state index in [0.717, 1.165) is 0 Å². The normalized spacial score (nSPS) is 26.6. The number of rotatable bonds is 5. The molecule has 0 aromatic carbocycles. The molecule has 1 rings (SSSR count). The molecule has 1 saturated carbocycles. The average Bonchev–Trinajstić information content (AvgIpc) is 2.75. The molecular formula is C14H25NO4. The summed E-state index contributed by atoms with van der Waals surface area (Å²) in [6.45, 7) is 9.78. The molecule has 1 aliphatic carbocycles. The van der Waals surface area contributed by atoms with Crippen LogP contribution in [-0.4, -0.2) is 34.7 Å². The maximum atomic E-state index is 11.9. The standard InChI is InChI=1S/C14H25NO4/c1-13(2,3)6-8(16)7-15-11(17)9-10(12(18)19)14(9,4)5/h8-10,16H,6-7H2,1-5H3,(H,15,17)(H,18,19). The van der Waals surface area contributed by atoms with Gasteiger partial charge in [0.25, 0.3) is 0 Å². The molecule has 0 aliphatic heterocycles. The van der Waals surface area contributed by atoms with Crippen LogP contribution in [0.4, 0.5) is 0 Å². The molecule has 0 aromatic rings. The third-order valence-corrected chi connectivity index (χ3v) is 3.74. The van der Waals surface area contributed by atoms with Crippen LogP contribution in [0.5, 0.6) is 0 Å². The van der Waals surface area contributed by atoms with Crippen molar-refractivity contribution >= 4 is 11.9 Å². The Bertz CT molecular complexity index is 370. The lowest BCUT2D eigenvalue weighted by molar-refractivity contribution is -0.140. The van der Waals surface area contributed by atoms with Crippen LogP contribution in [0.2, 0.25) is 0 Å². The molecule has 3 N–H and O–H groups in total. The molecule has 0 spiro atoms. The van der Waals surface area contributed by atoms with E-state index in [-0.39, 0.29) is 17.9 Å². The van der Waals surface area contributed by atoms with Gasteiger partial charge >= 0.3 is 5.97 Å². The van der Waals surface area contributed by atoms with Gasteiger partial charge in [-0.3, -0.25) is 9.59 Å². The van der Waals surface area contributed by atoms with Crippen LogP contribution in [0, 0.1) is 22.7 Å². The SMILES string of the molecule is CC(C)(C)CC(O)CNC(=O)C1C(C(=O)O)C1(C)C. The first-order valence-electron chi connectivity index (χ1n) is 6.65. The fourth-order valence-electron chi connectivity index (χ4n) is 2.70. The minimum absolute atomic E-state index is 0.00735. The molecule has 1 fully saturated rings. The largest absolute Gasteiger partial charge is 0.481 e. The zero-order valence-electron chi connectivity index (χ0n) is 12.4. The lowest BCUT2D eigenvalue weighted by atomic mass is 9.89. The third-order valence-electron chi connectivity index (χ3n) is 3.74. The summed E-state index contributed by atoms with van der Waals surface area (Å²) in [5.41, 5.74) is -0.502. The number of carbonyl (C=O) groups is 2. The Morgan fingerprint density at radius 1 is 1.26 bits per heavy atom. The van der Waals surface area contributed by atoms with Gasteiger partial charge in [-0.1, -0.05) is 34.6 Å². The molecule has 3 atom stereocenters. The molecule has 1 amide bonds. The quantitative estimate of drug-likeness (QED) is 0.702. The lowest BCUT2D eigenvalue weighted by Crippen LogP contribution is -2.36. The second-order valence-corrected chi connectivity index (χ2v) is 7.28. The van der Waals surface area contributed by atoms with Gasteiger partial charge < -0.3 is 15.5 Å². The number of hydrogen-bond acceptors (Lipinski definition) is 3. The summed E-state index contributed by atoms with van der Waals surface area (Å²) in [7, 11) is 0. The molecule has 1 aliphatic rings. The fourth-order valence-corrected chi connectivity index (χ4v) is 2.70. The van der Waals surface area contributed by atoms with Gasteiger partial charge in [0.2, 0.25) is 5.91 Å². The van der Waals surface area contributed by atoms with Crippen LogP contribution < -0.4 is 5.32 Å². The Labute approximate surface area is 114 Å². The molecule has 3 unspecified atom stereocenters. The monoisotopic (exact) mass is 271 g/mol. The van der Waals surface area contributed by atoms with E-state index in [1.54, 1.807) is 13.8 Å². The van der Waals surface area contributed by atoms with Crippen molar-refractivity contribution < 1.29 is 19.8 Å². The smallest absolute Gasteiger partial charge is 0.307 e. The summed E-state index contributed by atoms with van der Waals surface area (Å²) in [5.74, 6) is -2.31. The number of nitrogens with one attached hydrogen (secondary N) is 1. The van der Waals surface area contributed by atoms with E-state index < -0.39 is 29.3 Å². The van der Waals surface area contributed by atoms with Crippen LogP contribution in [0.1, 0.15) is 41.0 Å². The van der Waals surface area contributed by atoms with Gasteiger partial charge in [0, 0.05) is 6.54 Å². The Balaban J connectivity index is 2.44. The molecule has 0 bridgehead atoms. The zero-order valence-corrected chi connectivity index (χ0v) is 12.4. The Kier molecular flexibility index (Phi) is 4.30. The molecule has 5 heteroatoms. The lowest BCUT2D eigenvalue weighted by Gasteiger charge is -2.22. The summed E-state index contributed by atoms with van der Waals surface area (Å²) < 4.78 is 0. The van der Waals surface area contributed by atoms with Gasteiger partial charge in [-0.05, 0) is 17.3 Å². The second kappa shape index (κ2) is 5.12. The van der Waals surface area contributed by atoms with Crippen molar-refractivity contribution in [1.29, 1.82) is 0 Å². The van der Waals surface area contributed by atoms with Crippen molar-refractivity contribution in [2.75, 3.05) is 6.54 Å². The number of carboxylic acids is 1. The number of amides is 1. The van der Waals surface area contributed by atoms with Gasteiger partial charge in [-0.15, -0.1) is 0 Å². The van der Waals surface area contributed by atoms with Crippen LogP contribution >= 0.6 is 0 Å². The van der Waals surface area contributed by atoms with E-state index in [0.29, 0.717) is 6.42 Å². The van der Waals surface area contributed by atoms with E-state index in [1.165, 1.54) is 0 Å². The number of aliphatic hydroxyl groups is 1. The Morgan fingerprint density at radius 2 is 1.79 bits per heavy atom. The van der Waals surface area contributed by atoms with E-state index in [1.807, 2.05) is 20.8 Å². The molecule has 0 aromatic heterocycles. The Morgan fingerprint density at radius 3 is 2.16 bits per heavy atom. The minimum atomic E-state index is -0.930. The number of aliphatic carboxylic acids is 1. The van der Waals surface area contributed by atoms with E-state index in [9.17, 15) is 14.7 Å². The maximum absolute atomic E-state index is 11.9. The molecule has 110 valence electrons. The van der Waals surface area contributed by atoms with Crippen LogP contribution in [0.25, 0.3) is 0 Å². The van der Waals surface area contributed by atoms with Crippen molar-refractivity contribution in [2.24, 2.45) is 22.7 Å². The van der Waals surface area contributed by atoms with Gasteiger partial charge in [0.05, 0.1) is 17.9 Å². The fraction of sp³-hybridized carbons (Fsp3) is 0.857. The first-order valence-corrected chi connectivity index (χ1v) is 6.65. The van der Waals surface area contributed by atoms with Gasteiger partial charge in [-0.2, -0.15) is 0 Å². The van der Waals surface area contributed by atoms with Crippen LogP contribution in [-0.2, 0) is 9.59 Å². The average molecular weight is 271 g/mol. The van der Waals surface area contributed by atoms with E-state index >= 15 is 0 Å². The maximum Gasteiger partial charge on any atom is 0.307 e. The topological polar surface area (TPSA) is 86.6 Å². The first kappa shape index (κ1) is 16.0. The summed E-state index contributed by atoms with van der Waals surface area (Å²) in [4.78, 5) is 22.9. The number of aliphatic hydroxyl groups excluding tert-OH is 1. The van der Waals surface area contributed by atoms with Gasteiger partial charge in [0.15, 0.2) is 0 Å². The number of hydrogen-bond donors (Lipinski definition) is 3. The second-order valence-electron chi connectivity index (χ2n) is 7.28. The summed E-state index contributed by atoms with van der Waals surface area (Å²) >= 11 is 0. The molecular weight excluding hydrogens is 246 g/mol. The molecule has 0 radical (unpaired) electrons. The molecule has 0 heterocycles. The zero-order chi connectivity index (χ0) is 15.0. The van der Waals surface area contributed by atoms with Gasteiger partial charge in [0.1, 0.15) is 0 Å². The van der Waals surface area contributed by atoms with Crippen molar-refractivity contribution in [3.05, 3.63) is 0 Å². The number of carboxylic acid groups (broad SMARTS) is 1. The Hall–Kier alpha value is -1.10. The highest BCUT2D eigenvalue weighted by Crippen LogP contribution is 2.58. The highest BCUT2D eigenvalue weighted by Gasteiger charge is 2.65. The van der Waals surface area contributed by atoms with E-state index in [2.05, 4.69) is 5.32 Å². The highest BCUT2D eigenvalue weighted by molar-refractivity contribution is 5.91. The highest BCUT2D eigenvalue weighted by atomic mass is 16.4. The van der Waals surface area contributed by atoms with Crippen molar-refractivity contribution in [1.82, 2.24) is 5.32 Å². The third kappa shape index (κ3) is 3.93. The van der Waals surface area contributed by atoms with Crippen LogP contribution in [0.3, 0.4) is 0 Å². The predicted octanol–water partition coefficient (Wildman–Crippen LogP) is 1.26. The summed E-state index contributed by atoms with van der Waals surface area (Å²) in [5, 5.41) is 21.5. The van der Waals surface area contributed by atoms with Crippen molar-refractivity contribution in [3.8, 4) is 0 Å². The molecule has 0 saturated heterocycles. The minimum Gasteiger partial charge on any atom is -0.481 e. The van der Waals surface area contributed by atoms with Gasteiger partial charge in [-0.25, -0.2) is 0 Å². The molecule has 5 nitrogen and oxygen atoms in total. The number of carbonyl (C=O) groups excluding carboxylic acids is 1. The summed E-state index contributed by atoms with van der Waals surface area (Å²) in [6.07, 6.45) is -0.0157. The predicted molar refractivity (Wildman–Crippen MR) is 71.5 cm³/mol. The van der Waals surface area contributed by atoms with E-state index in [4.69, 9.17) is 5.11 Å². The van der Waals surface area contributed by atoms with Crippen molar-refractivity contribution in [2.45, 2.75) is 47.1 Å². The first-order chi connectivity index (χ1) is 8.47. The molecule has 19 heavy (non-hydrogen) atoms. The summed E-state index contributed by atoms with van der Waals surface area (Å²) in [6, 6.07) is 0. The van der Waals surface area contributed by atoms with Crippen LogP contribution in [0.15, 0.2) is 0 Å². The van der Waals surface area contributed by atoms with Crippen molar-refractivity contribution in [3.63, 3.8) is 0 Å².